The topological polar surface area (TPSA) is 41.4 Å². The van der Waals surface area contributed by atoms with E-state index in [0.717, 1.165) is 25.9 Å². The molecule has 1 aliphatic rings. The van der Waals surface area contributed by atoms with Gasteiger partial charge in [0, 0.05) is 38.3 Å². The maximum Gasteiger partial charge on any atom is 0.319 e. The molecule has 0 N–H and O–H groups in total. The fourth-order valence-electron chi connectivity index (χ4n) is 3.52. The van der Waals surface area contributed by atoms with Crippen molar-refractivity contribution in [2.45, 2.75) is 71.3 Å². The van der Waals surface area contributed by atoms with Gasteiger partial charge in [-0.1, -0.05) is 41.5 Å². The molecule has 0 atom stereocenters. The Morgan fingerprint density at radius 3 is 2.04 bits per heavy atom. The van der Waals surface area contributed by atoms with E-state index in [4.69, 9.17) is 5.10 Å². The molecule has 24 heavy (non-hydrogen) atoms. The Morgan fingerprint density at radius 2 is 1.62 bits per heavy atom. The summed E-state index contributed by atoms with van der Waals surface area (Å²) in [6.45, 7) is 15.2. The molecule has 1 saturated heterocycles. The summed E-state index contributed by atoms with van der Waals surface area (Å²) in [5.41, 5.74) is 2.81. The van der Waals surface area contributed by atoms with E-state index in [1.165, 1.54) is 11.3 Å². The number of carbonyl (C=O) groups excluding carboxylic acids is 1. The first kappa shape index (κ1) is 18.8. The zero-order chi connectivity index (χ0) is 18.3. The Labute approximate surface area is 147 Å². The summed E-state index contributed by atoms with van der Waals surface area (Å²) in [4.78, 5) is 15.7. The van der Waals surface area contributed by atoms with Crippen molar-refractivity contribution in [1.29, 1.82) is 0 Å². The number of rotatable bonds is 1. The van der Waals surface area contributed by atoms with E-state index < -0.39 is 0 Å². The first-order chi connectivity index (χ1) is 10.9. The zero-order valence-electron chi connectivity index (χ0n) is 16.7. The van der Waals surface area contributed by atoms with Crippen LogP contribution in [0.4, 0.5) is 4.79 Å². The van der Waals surface area contributed by atoms with Crippen LogP contribution in [0.25, 0.3) is 0 Å². The molecule has 0 aliphatic carbocycles. The molecule has 0 aromatic carbocycles. The molecule has 5 nitrogen and oxygen atoms in total. The van der Waals surface area contributed by atoms with Gasteiger partial charge < -0.3 is 9.80 Å². The van der Waals surface area contributed by atoms with Crippen LogP contribution in [0.2, 0.25) is 0 Å². The standard InChI is InChI=1S/C19H34N4O/c1-18(2,3)15-13-20-23(16(15)19(4,5)6)14-9-11-22(12-10-14)17(24)21(7)8/h13-14H,9-12H2,1-8H3. The first-order valence-electron chi connectivity index (χ1n) is 8.97. The monoisotopic (exact) mass is 334 g/mol. The van der Waals surface area contributed by atoms with Gasteiger partial charge in [0.2, 0.25) is 0 Å². The van der Waals surface area contributed by atoms with Crippen molar-refractivity contribution >= 4 is 6.03 Å². The molecule has 0 saturated carbocycles. The summed E-state index contributed by atoms with van der Waals surface area (Å²) >= 11 is 0. The number of hydrogen-bond donors (Lipinski definition) is 0. The van der Waals surface area contributed by atoms with Crippen LogP contribution in [0.3, 0.4) is 0 Å². The van der Waals surface area contributed by atoms with Crippen molar-refractivity contribution in [1.82, 2.24) is 19.6 Å². The molecule has 0 radical (unpaired) electrons. The lowest BCUT2D eigenvalue weighted by Crippen LogP contribution is -2.44. The number of aromatic nitrogens is 2. The molecule has 1 aromatic rings. The number of nitrogens with zero attached hydrogens (tertiary/aromatic N) is 4. The minimum absolute atomic E-state index is 0.0513. The van der Waals surface area contributed by atoms with Crippen LogP contribution in [-0.4, -0.2) is 52.8 Å². The highest BCUT2D eigenvalue weighted by molar-refractivity contribution is 5.73. The lowest BCUT2D eigenvalue weighted by Gasteiger charge is -2.36. The van der Waals surface area contributed by atoms with E-state index in [1.54, 1.807) is 4.90 Å². The van der Waals surface area contributed by atoms with Crippen LogP contribution in [0, 0.1) is 0 Å². The molecular weight excluding hydrogens is 300 g/mol. The van der Waals surface area contributed by atoms with Gasteiger partial charge in [-0.25, -0.2) is 4.79 Å². The van der Waals surface area contributed by atoms with Crippen molar-refractivity contribution < 1.29 is 4.79 Å². The Hall–Kier alpha value is -1.52. The highest BCUT2D eigenvalue weighted by atomic mass is 16.2. The number of piperidine rings is 1. The largest absolute Gasteiger partial charge is 0.331 e. The lowest BCUT2D eigenvalue weighted by molar-refractivity contribution is 0.145. The minimum Gasteiger partial charge on any atom is -0.331 e. The van der Waals surface area contributed by atoms with Crippen LogP contribution in [-0.2, 0) is 10.8 Å². The molecule has 1 fully saturated rings. The average Bonchev–Trinajstić information content (AvgIpc) is 2.91. The molecule has 0 bridgehead atoms. The van der Waals surface area contributed by atoms with Crippen molar-refractivity contribution in [3.05, 3.63) is 17.5 Å². The van der Waals surface area contributed by atoms with Gasteiger partial charge in [-0.05, 0) is 23.8 Å². The zero-order valence-corrected chi connectivity index (χ0v) is 16.7. The number of urea groups is 1. The van der Waals surface area contributed by atoms with Crippen LogP contribution in [0.1, 0.15) is 71.7 Å². The predicted octanol–water partition coefficient (Wildman–Crippen LogP) is 3.80. The highest BCUT2D eigenvalue weighted by Gasteiger charge is 2.33. The molecule has 2 heterocycles. The maximum atomic E-state index is 12.1. The van der Waals surface area contributed by atoms with Gasteiger partial charge in [0.05, 0.1) is 12.2 Å². The van der Waals surface area contributed by atoms with Gasteiger partial charge in [0.15, 0.2) is 0 Å². The Balaban J connectivity index is 2.26. The van der Waals surface area contributed by atoms with Crippen molar-refractivity contribution in [2.75, 3.05) is 27.2 Å². The highest BCUT2D eigenvalue weighted by Crippen LogP contribution is 2.37. The van der Waals surface area contributed by atoms with Gasteiger partial charge in [-0.15, -0.1) is 0 Å². The molecule has 1 aromatic heterocycles. The number of likely N-dealkylation sites (tertiary alicyclic amines) is 1. The fraction of sp³-hybridized carbons (Fsp3) is 0.789. The molecule has 2 amide bonds. The van der Waals surface area contributed by atoms with Crippen molar-refractivity contribution in [2.24, 2.45) is 0 Å². The third-order valence-electron chi connectivity index (χ3n) is 4.78. The second-order valence-corrected chi connectivity index (χ2v) is 9.25. The van der Waals surface area contributed by atoms with E-state index >= 15 is 0 Å². The molecule has 1 aliphatic heterocycles. The number of amides is 2. The Morgan fingerprint density at radius 1 is 1.08 bits per heavy atom. The third kappa shape index (κ3) is 3.76. The van der Waals surface area contributed by atoms with Gasteiger partial charge in [0.1, 0.15) is 0 Å². The fourth-order valence-corrected chi connectivity index (χ4v) is 3.52. The second kappa shape index (κ2) is 6.41. The molecule has 0 spiro atoms. The summed E-state index contributed by atoms with van der Waals surface area (Å²) in [6.07, 6.45) is 3.99. The SMILES string of the molecule is CN(C)C(=O)N1CCC(n2ncc(C(C)(C)C)c2C(C)(C)C)CC1. The van der Waals surface area contributed by atoms with E-state index in [2.05, 4.69) is 52.4 Å². The van der Waals surface area contributed by atoms with Gasteiger partial charge in [0.25, 0.3) is 0 Å². The molecule has 5 heteroatoms. The smallest absolute Gasteiger partial charge is 0.319 e. The second-order valence-electron chi connectivity index (χ2n) is 9.25. The van der Waals surface area contributed by atoms with Crippen LogP contribution < -0.4 is 0 Å². The van der Waals surface area contributed by atoms with Crippen molar-refractivity contribution in [3.63, 3.8) is 0 Å². The quantitative estimate of drug-likeness (QED) is 0.784. The Bertz CT molecular complexity index is 581. The summed E-state index contributed by atoms with van der Waals surface area (Å²) in [6, 6.07) is 0.488. The first-order valence-corrected chi connectivity index (χ1v) is 8.97. The number of carbonyl (C=O) groups is 1. The molecular formula is C19H34N4O. The summed E-state index contributed by atoms with van der Waals surface area (Å²) in [7, 11) is 3.63. The van der Waals surface area contributed by atoms with Crippen molar-refractivity contribution in [3.8, 4) is 0 Å². The van der Waals surface area contributed by atoms with E-state index in [0.29, 0.717) is 6.04 Å². The summed E-state index contributed by atoms with van der Waals surface area (Å²) in [5.74, 6) is 0. The summed E-state index contributed by atoms with van der Waals surface area (Å²) in [5, 5.41) is 4.78. The minimum atomic E-state index is 0.0513. The van der Waals surface area contributed by atoms with Crippen LogP contribution in [0.15, 0.2) is 6.20 Å². The van der Waals surface area contributed by atoms with Crippen LogP contribution >= 0.6 is 0 Å². The summed E-state index contributed by atoms with van der Waals surface area (Å²) < 4.78 is 2.25. The predicted molar refractivity (Wildman–Crippen MR) is 98.6 cm³/mol. The Kier molecular flexibility index (Phi) is 5.03. The van der Waals surface area contributed by atoms with Gasteiger partial charge in [-0.3, -0.25) is 4.68 Å². The third-order valence-corrected chi connectivity index (χ3v) is 4.78. The number of hydrogen-bond acceptors (Lipinski definition) is 2. The van der Waals surface area contributed by atoms with E-state index in [1.807, 2.05) is 19.0 Å². The van der Waals surface area contributed by atoms with Crippen LogP contribution in [0.5, 0.6) is 0 Å². The molecule has 0 unspecified atom stereocenters. The maximum absolute atomic E-state index is 12.1. The average molecular weight is 335 g/mol. The van der Waals surface area contributed by atoms with Gasteiger partial charge >= 0.3 is 6.03 Å². The molecule has 136 valence electrons. The van der Waals surface area contributed by atoms with E-state index in [-0.39, 0.29) is 16.9 Å². The molecule has 2 rings (SSSR count). The van der Waals surface area contributed by atoms with Gasteiger partial charge in [-0.2, -0.15) is 5.10 Å². The lowest BCUT2D eigenvalue weighted by atomic mass is 9.79. The normalized spacial score (nSPS) is 17.2. The van der Waals surface area contributed by atoms with E-state index in [9.17, 15) is 4.79 Å².